The number of rotatable bonds is 3. The largest absolute Gasteiger partial charge is 0.508 e. The first-order valence-electron chi connectivity index (χ1n) is 6.56. The van der Waals surface area contributed by atoms with Gasteiger partial charge in [-0.2, -0.15) is 9.78 Å². The highest BCUT2D eigenvalue weighted by Crippen LogP contribution is 2.23. The standard InChI is InChI=1S/C16H13ClN4O/c17-13-5-3-12(4-6-13)15-10-19-16(18)21(15)20-9-11-1-7-14(22)8-2-11/h1-10,22H,(H2,18,19). The third kappa shape index (κ3) is 2.94. The van der Waals surface area contributed by atoms with E-state index in [9.17, 15) is 5.11 Å². The minimum absolute atomic E-state index is 0.209. The van der Waals surface area contributed by atoms with Crippen LogP contribution in [0.4, 0.5) is 5.95 Å². The van der Waals surface area contributed by atoms with Crippen molar-refractivity contribution in [1.29, 1.82) is 0 Å². The molecule has 0 unspecified atom stereocenters. The quantitative estimate of drug-likeness (QED) is 0.728. The molecule has 0 aliphatic rings. The fourth-order valence-electron chi connectivity index (χ4n) is 1.98. The maximum Gasteiger partial charge on any atom is 0.221 e. The second-order valence-corrected chi connectivity index (χ2v) is 5.09. The lowest BCUT2D eigenvalue weighted by molar-refractivity contribution is 0.475. The number of phenolic OH excluding ortho intramolecular Hbond substituents is 1. The van der Waals surface area contributed by atoms with Gasteiger partial charge >= 0.3 is 0 Å². The summed E-state index contributed by atoms with van der Waals surface area (Å²) in [6.07, 6.45) is 3.31. The number of nitrogens with two attached hydrogens (primary N) is 1. The minimum Gasteiger partial charge on any atom is -0.508 e. The van der Waals surface area contributed by atoms with E-state index >= 15 is 0 Å². The van der Waals surface area contributed by atoms with Gasteiger partial charge < -0.3 is 10.8 Å². The normalized spacial score (nSPS) is 11.1. The van der Waals surface area contributed by atoms with E-state index in [-0.39, 0.29) is 5.75 Å². The van der Waals surface area contributed by atoms with Crippen LogP contribution in [0.1, 0.15) is 5.56 Å². The summed E-state index contributed by atoms with van der Waals surface area (Å²) in [5.41, 5.74) is 8.39. The van der Waals surface area contributed by atoms with Crippen LogP contribution in [-0.4, -0.2) is 21.0 Å². The molecule has 0 amide bonds. The molecule has 1 aromatic heterocycles. The Morgan fingerprint density at radius 3 is 2.45 bits per heavy atom. The third-order valence-corrected chi connectivity index (χ3v) is 3.37. The van der Waals surface area contributed by atoms with E-state index in [0.29, 0.717) is 11.0 Å². The smallest absolute Gasteiger partial charge is 0.221 e. The average molecular weight is 313 g/mol. The summed E-state index contributed by atoms with van der Waals surface area (Å²) >= 11 is 5.90. The van der Waals surface area contributed by atoms with Crippen molar-refractivity contribution in [3.8, 4) is 17.0 Å². The highest BCUT2D eigenvalue weighted by molar-refractivity contribution is 6.30. The van der Waals surface area contributed by atoms with Gasteiger partial charge in [0, 0.05) is 10.6 Å². The Labute approximate surface area is 132 Å². The molecule has 110 valence electrons. The van der Waals surface area contributed by atoms with Gasteiger partial charge in [0.2, 0.25) is 5.95 Å². The van der Waals surface area contributed by atoms with Crippen molar-refractivity contribution in [3.63, 3.8) is 0 Å². The Balaban J connectivity index is 1.95. The number of nitrogens with zero attached hydrogens (tertiary/aromatic N) is 3. The first kappa shape index (κ1) is 14.2. The number of nitrogen functional groups attached to an aromatic ring is 1. The number of benzene rings is 2. The van der Waals surface area contributed by atoms with E-state index in [4.69, 9.17) is 17.3 Å². The number of hydrogen-bond acceptors (Lipinski definition) is 4. The molecule has 0 aliphatic heterocycles. The summed E-state index contributed by atoms with van der Waals surface area (Å²) < 4.78 is 1.55. The molecule has 22 heavy (non-hydrogen) atoms. The van der Waals surface area contributed by atoms with Crippen LogP contribution in [0.5, 0.6) is 5.75 Å². The van der Waals surface area contributed by atoms with Gasteiger partial charge in [0.25, 0.3) is 0 Å². The van der Waals surface area contributed by atoms with Crippen molar-refractivity contribution in [2.24, 2.45) is 5.10 Å². The molecule has 0 atom stereocenters. The highest BCUT2D eigenvalue weighted by atomic mass is 35.5. The first-order chi connectivity index (χ1) is 10.6. The van der Waals surface area contributed by atoms with Gasteiger partial charge in [-0.3, -0.25) is 0 Å². The number of aromatic hydroxyl groups is 1. The highest BCUT2D eigenvalue weighted by Gasteiger charge is 2.08. The van der Waals surface area contributed by atoms with Crippen LogP contribution in [0.2, 0.25) is 5.02 Å². The molecule has 5 nitrogen and oxygen atoms in total. The predicted octanol–water partition coefficient (Wildman–Crippen LogP) is 3.37. The molecule has 0 aliphatic carbocycles. The number of anilines is 1. The SMILES string of the molecule is Nc1ncc(-c2ccc(Cl)cc2)n1N=Cc1ccc(O)cc1. The summed E-state index contributed by atoms with van der Waals surface area (Å²) in [4.78, 5) is 4.10. The predicted molar refractivity (Wildman–Crippen MR) is 88.2 cm³/mol. The lowest BCUT2D eigenvalue weighted by atomic mass is 10.2. The molecule has 1 heterocycles. The lowest BCUT2D eigenvalue weighted by Crippen LogP contribution is -2.00. The second-order valence-electron chi connectivity index (χ2n) is 4.66. The zero-order valence-corrected chi connectivity index (χ0v) is 12.3. The van der Waals surface area contributed by atoms with Gasteiger partial charge in [-0.25, -0.2) is 4.98 Å². The Hall–Kier alpha value is -2.79. The fourth-order valence-corrected chi connectivity index (χ4v) is 2.11. The number of phenols is 1. The van der Waals surface area contributed by atoms with Crippen LogP contribution in [-0.2, 0) is 0 Å². The van der Waals surface area contributed by atoms with E-state index in [1.807, 2.05) is 12.1 Å². The van der Waals surface area contributed by atoms with Crippen molar-refractivity contribution in [2.75, 3.05) is 5.73 Å². The van der Waals surface area contributed by atoms with Gasteiger partial charge in [0.15, 0.2) is 0 Å². The summed E-state index contributed by atoms with van der Waals surface area (Å²) in [6, 6.07) is 14.1. The van der Waals surface area contributed by atoms with E-state index in [1.165, 1.54) is 0 Å². The van der Waals surface area contributed by atoms with E-state index < -0.39 is 0 Å². The van der Waals surface area contributed by atoms with Gasteiger partial charge in [0.1, 0.15) is 5.75 Å². The summed E-state index contributed by atoms with van der Waals surface area (Å²) in [7, 11) is 0. The zero-order chi connectivity index (χ0) is 15.5. The summed E-state index contributed by atoms with van der Waals surface area (Å²) in [5.74, 6) is 0.501. The average Bonchev–Trinajstić information content (AvgIpc) is 2.89. The Kier molecular flexibility index (Phi) is 3.80. The molecule has 0 bridgehead atoms. The fraction of sp³-hybridized carbons (Fsp3) is 0. The molecule has 2 aromatic carbocycles. The zero-order valence-electron chi connectivity index (χ0n) is 11.5. The third-order valence-electron chi connectivity index (χ3n) is 3.12. The molecule has 0 saturated heterocycles. The Morgan fingerprint density at radius 2 is 1.77 bits per heavy atom. The maximum atomic E-state index is 9.28. The summed E-state index contributed by atoms with van der Waals surface area (Å²) in [5, 5.41) is 14.3. The number of hydrogen-bond donors (Lipinski definition) is 2. The minimum atomic E-state index is 0.209. The molecule has 3 N–H and O–H groups in total. The number of imidazole rings is 1. The van der Waals surface area contributed by atoms with Gasteiger partial charge in [-0.05, 0) is 42.0 Å². The van der Waals surface area contributed by atoms with Crippen LogP contribution < -0.4 is 5.73 Å². The first-order valence-corrected chi connectivity index (χ1v) is 6.94. The van der Waals surface area contributed by atoms with E-state index in [0.717, 1.165) is 16.8 Å². The van der Waals surface area contributed by atoms with Crippen LogP contribution >= 0.6 is 11.6 Å². The molecule has 0 radical (unpaired) electrons. The van der Waals surface area contributed by atoms with E-state index in [2.05, 4.69) is 10.1 Å². The Morgan fingerprint density at radius 1 is 1.09 bits per heavy atom. The maximum absolute atomic E-state index is 9.28. The second kappa shape index (κ2) is 5.91. The summed E-state index contributed by atoms with van der Waals surface area (Å²) in [6.45, 7) is 0. The van der Waals surface area contributed by atoms with Crippen LogP contribution in [0.3, 0.4) is 0 Å². The molecule has 0 fully saturated rings. The van der Waals surface area contributed by atoms with Gasteiger partial charge in [0.05, 0.1) is 18.1 Å². The molecule has 3 rings (SSSR count). The van der Waals surface area contributed by atoms with Crippen molar-refractivity contribution in [1.82, 2.24) is 9.66 Å². The van der Waals surface area contributed by atoms with Gasteiger partial charge in [-0.15, -0.1) is 0 Å². The van der Waals surface area contributed by atoms with Crippen molar-refractivity contribution in [2.45, 2.75) is 0 Å². The monoisotopic (exact) mass is 312 g/mol. The van der Waals surface area contributed by atoms with Crippen LogP contribution in [0.15, 0.2) is 59.8 Å². The lowest BCUT2D eigenvalue weighted by Gasteiger charge is -2.04. The van der Waals surface area contributed by atoms with Crippen LogP contribution in [0.25, 0.3) is 11.3 Å². The number of aromatic nitrogens is 2. The topological polar surface area (TPSA) is 76.4 Å². The van der Waals surface area contributed by atoms with Crippen molar-refractivity contribution in [3.05, 3.63) is 65.3 Å². The van der Waals surface area contributed by atoms with Crippen molar-refractivity contribution >= 4 is 23.8 Å². The van der Waals surface area contributed by atoms with Crippen LogP contribution in [0, 0.1) is 0 Å². The molecular weight excluding hydrogens is 300 g/mol. The number of halogens is 1. The van der Waals surface area contributed by atoms with E-state index in [1.54, 1.807) is 53.5 Å². The molecular formula is C16H13ClN4O. The molecule has 6 heteroatoms. The molecule has 0 saturated carbocycles. The van der Waals surface area contributed by atoms with Crippen molar-refractivity contribution < 1.29 is 5.11 Å². The Bertz CT molecular complexity index is 807. The molecule has 3 aromatic rings. The van der Waals surface area contributed by atoms with Gasteiger partial charge in [-0.1, -0.05) is 23.7 Å². The molecule has 0 spiro atoms.